The summed E-state index contributed by atoms with van der Waals surface area (Å²) in [7, 11) is -1.34. The van der Waals surface area contributed by atoms with Crippen molar-refractivity contribution >= 4 is 15.4 Å². The third-order valence-electron chi connectivity index (χ3n) is 4.01. The average Bonchev–Trinajstić information content (AvgIpc) is 2.53. The fraction of sp³-hybridized carbons (Fsp3) is 0.222. The zero-order valence-corrected chi connectivity index (χ0v) is 13.9. The Labute approximate surface area is 136 Å². The summed E-state index contributed by atoms with van der Waals surface area (Å²) in [5.41, 5.74) is 3.56. The second-order valence-electron chi connectivity index (χ2n) is 5.69. The SMILES string of the molecule is CCS(=O)(=O)c1cccc(C2=CN(C)Cc3cc(F)ccc32)c1. The molecular weight excluding hydrogens is 313 g/mol. The van der Waals surface area contributed by atoms with Crippen LogP contribution in [0, 0.1) is 5.82 Å². The number of hydrogen-bond donors (Lipinski definition) is 0. The van der Waals surface area contributed by atoms with Crippen LogP contribution in [0.15, 0.2) is 53.6 Å². The first kappa shape index (κ1) is 15.7. The molecule has 5 heteroatoms. The molecule has 0 saturated carbocycles. The van der Waals surface area contributed by atoms with E-state index in [-0.39, 0.29) is 11.6 Å². The minimum Gasteiger partial charge on any atom is -0.376 e. The molecule has 3 rings (SSSR count). The maximum absolute atomic E-state index is 13.5. The van der Waals surface area contributed by atoms with Gasteiger partial charge in [0, 0.05) is 25.4 Å². The van der Waals surface area contributed by atoms with E-state index in [1.54, 1.807) is 31.2 Å². The summed E-state index contributed by atoms with van der Waals surface area (Å²) in [6.07, 6.45) is 1.97. The van der Waals surface area contributed by atoms with Crippen LogP contribution >= 0.6 is 0 Å². The number of fused-ring (bicyclic) bond motifs is 1. The number of halogens is 1. The predicted molar refractivity (Wildman–Crippen MR) is 89.1 cm³/mol. The van der Waals surface area contributed by atoms with Crippen molar-refractivity contribution in [3.05, 3.63) is 71.2 Å². The Morgan fingerprint density at radius 3 is 2.70 bits per heavy atom. The van der Waals surface area contributed by atoms with Crippen LogP contribution in [0.5, 0.6) is 0 Å². The normalized spacial score (nSPS) is 14.4. The minimum atomic E-state index is -3.26. The van der Waals surface area contributed by atoms with Crippen LogP contribution in [-0.2, 0) is 16.4 Å². The van der Waals surface area contributed by atoms with Crippen molar-refractivity contribution in [1.29, 1.82) is 0 Å². The number of rotatable bonds is 3. The third-order valence-corrected chi connectivity index (χ3v) is 5.74. The number of sulfone groups is 1. The monoisotopic (exact) mass is 331 g/mol. The molecule has 0 N–H and O–H groups in total. The van der Waals surface area contributed by atoms with E-state index in [2.05, 4.69) is 0 Å². The van der Waals surface area contributed by atoms with Crippen LogP contribution < -0.4 is 0 Å². The maximum atomic E-state index is 13.5. The van der Waals surface area contributed by atoms with Crippen LogP contribution in [0.4, 0.5) is 4.39 Å². The van der Waals surface area contributed by atoms with Crippen molar-refractivity contribution in [2.24, 2.45) is 0 Å². The highest BCUT2D eigenvalue weighted by molar-refractivity contribution is 7.91. The first-order valence-electron chi connectivity index (χ1n) is 7.45. The van der Waals surface area contributed by atoms with E-state index in [0.29, 0.717) is 11.4 Å². The number of nitrogens with zero attached hydrogens (tertiary/aromatic N) is 1. The van der Waals surface area contributed by atoms with Crippen LogP contribution in [-0.4, -0.2) is 26.1 Å². The lowest BCUT2D eigenvalue weighted by molar-refractivity contribution is 0.444. The first-order valence-corrected chi connectivity index (χ1v) is 9.10. The van der Waals surface area contributed by atoms with Gasteiger partial charge in [0.05, 0.1) is 10.6 Å². The minimum absolute atomic E-state index is 0.0667. The summed E-state index contributed by atoms with van der Waals surface area (Å²) >= 11 is 0. The fourth-order valence-corrected chi connectivity index (χ4v) is 3.74. The molecule has 1 aliphatic heterocycles. The Balaban J connectivity index is 2.14. The Kier molecular flexibility index (Phi) is 3.98. The van der Waals surface area contributed by atoms with Crippen LogP contribution in [0.25, 0.3) is 5.57 Å². The Hall–Kier alpha value is -2.14. The average molecular weight is 331 g/mol. The van der Waals surface area contributed by atoms with Crippen molar-refractivity contribution in [2.45, 2.75) is 18.4 Å². The van der Waals surface area contributed by atoms with Gasteiger partial charge in [-0.2, -0.15) is 0 Å². The summed E-state index contributed by atoms with van der Waals surface area (Å²) in [5.74, 6) is -0.197. The van der Waals surface area contributed by atoms with Gasteiger partial charge in [0.2, 0.25) is 0 Å². The standard InChI is InChI=1S/C18H18FNO2S/c1-3-23(21,22)16-6-4-5-13(10-16)18-12-20(2)11-14-9-15(19)7-8-17(14)18/h4-10,12H,3,11H2,1-2H3. The second-order valence-corrected chi connectivity index (χ2v) is 7.97. The molecule has 0 radical (unpaired) electrons. The lowest BCUT2D eigenvalue weighted by Gasteiger charge is -2.26. The second kappa shape index (κ2) is 5.81. The molecule has 2 aromatic rings. The van der Waals surface area contributed by atoms with Gasteiger partial charge in [0.1, 0.15) is 5.82 Å². The molecule has 0 fully saturated rings. The maximum Gasteiger partial charge on any atom is 0.178 e. The molecule has 1 aliphatic rings. The highest BCUT2D eigenvalue weighted by Crippen LogP contribution is 2.32. The van der Waals surface area contributed by atoms with Crippen molar-refractivity contribution in [3.8, 4) is 0 Å². The number of benzene rings is 2. The van der Waals surface area contributed by atoms with E-state index < -0.39 is 9.84 Å². The summed E-state index contributed by atoms with van der Waals surface area (Å²) < 4.78 is 37.7. The Morgan fingerprint density at radius 2 is 1.96 bits per heavy atom. The zero-order chi connectivity index (χ0) is 16.6. The summed E-state index contributed by atoms with van der Waals surface area (Å²) in [6, 6.07) is 11.7. The Morgan fingerprint density at radius 1 is 1.17 bits per heavy atom. The summed E-state index contributed by atoms with van der Waals surface area (Å²) in [6.45, 7) is 2.26. The largest absolute Gasteiger partial charge is 0.376 e. The van der Waals surface area contributed by atoms with Crippen molar-refractivity contribution in [2.75, 3.05) is 12.8 Å². The fourth-order valence-electron chi connectivity index (χ4n) is 2.81. The quantitative estimate of drug-likeness (QED) is 0.864. The van der Waals surface area contributed by atoms with Crippen LogP contribution in [0.3, 0.4) is 0 Å². The molecule has 120 valence electrons. The van der Waals surface area contributed by atoms with Gasteiger partial charge in [-0.15, -0.1) is 0 Å². The lowest BCUT2D eigenvalue weighted by Crippen LogP contribution is -2.18. The molecular formula is C18H18FNO2S. The van der Waals surface area contributed by atoms with Gasteiger partial charge in [-0.05, 0) is 41.0 Å². The molecule has 23 heavy (non-hydrogen) atoms. The van der Waals surface area contributed by atoms with E-state index in [1.807, 2.05) is 24.2 Å². The van der Waals surface area contributed by atoms with Gasteiger partial charge in [0.15, 0.2) is 9.84 Å². The van der Waals surface area contributed by atoms with Crippen molar-refractivity contribution in [3.63, 3.8) is 0 Å². The van der Waals surface area contributed by atoms with Crippen LogP contribution in [0.1, 0.15) is 23.6 Å². The molecule has 0 spiro atoms. The van der Waals surface area contributed by atoms with Gasteiger partial charge < -0.3 is 4.90 Å². The Bertz CT molecular complexity index is 888. The molecule has 0 bridgehead atoms. The highest BCUT2D eigenvalue weighted by Gasteiger charge is 2.19. The zero-order valence-electron chi connectivity index (χ0n) is 13.1. The molecule has 2 aromatic carbocycles. The predicted octanol–water partition coefficient (Wildman–Crippen LogP) is 3.45. The topological polar surface area (TPSA) is 37.4 Å². The smallest absolute Gasteiger partial charge is 0.178 e. The molecule has 0 unspecified atom stereocenters. The van der Waals surface area contributed by atoms with E-state index in [9.17, 15) is 12.8 Å². The molecule has 1 heterocycles. The van der Waals surface area contributed by atoms with Gasteiger partial charge in [-0.1, -0.05) is 25.1 Å². The van der Waals surface area contributed by atoms with Crippen molar-refractivity contribution < 1.29 is 12.8 Å². The van der Waals surface area contributed by atoms with Crippen LogP contribution in [0.2, 0.25) is 0 Å². The van der Waals surface area contributed by atoms with Gasteiger partial charge in [0.25, 0.3) is 0 Å². The van der Waals surface area contributed by atoms with Gasteiger partial charge in [-0.25, -0.2) is 12.8 Å². The molecule has 0 aliphatic carbocycles. The molecule has 0 saturated heterocycles. The first-order chi connectivity index (χ1) is 10.9. The molecule has 0 amide bonds. The molecule has 3 nitrogen and oxygen atoms in total. The summed E-state index contributed by atoms with van der Waals surface area (Å²) in [5, 5.41) is 0. The lowest BCUT2D eigenvalue weighted by atomic mass is 9.92. The molecule has 0 aromatic heterocycles. The van der Waals surface area contributed by atoms with E-state index >= 15 is 0 Å². The highest BCUT2D eigenvalue weighted by atomic mass is 32.2. The van der Waals surface area contributed by atoms with E-state index in [1.165, 1.54) is 12.1 Å². The molecule has 0 atom stereocenters. The van der Waals surface area contributed by atoms with Crippen molar-refractivity contribution in [1.82, 2.24) is 4.90 Å². The van der Waals surface area contributed by atoms with E-state index in [0.717, 1.165) is 22.3 Å². The van der Waals surface area contributed by atoms with E-state index in [4.69, 9.17) is 0 Å². The third kappa shape index (κ3) is 3.01. The number of hydrogen-bond acceptors (Lipinski definition) is 3. The van der Waals surface area contributed by atoms with Gasteiger partial charge >= 0.3 is 0 Å². The summed E-state index contributed by atoms with van der Waals surface area (Å²) in [4.78, 5) is 2.29. The van der Waals surface area contributed by atoms with Gasteiger partial charge in [-0.3, -0.25) is 0 Å².